The molecule has 0 heterocycles. The van der Waals surface area contributed by atoms with Crippen molar-refractivity contribution in [3.05, 3.63) is 29.3 Å². The molecule has 0 saturated carbocycles. The highest BCUT2D eigenvalue weighted by Gasteiger charge is 2.30. The Hall–Kier alpha value is -1.26. The van der Waals surface area contributed by atoms with Crippen LogP contribution >= 0.6 is 11.6 Å². The van der Waals surface area contributed by atoms with Gasteiger partial charge >= 0.3 is 5.97 Å². The molecule has 0 fully saturated rings. The van der Waals surface area contributed by atoms with E-state index in [-0.39, 0.29) is 6.54 Å². The Morgan fingerprint density at radius 2 is 2.31 bits per heavy atom. The zero-order chi connectivity index (χ0) is 12.2. The van der Waals surface area contributed by atoms with E-state index >= 15 is 0 Å². The summed E-state index contributed by atoms with van der Waals surface area (Å²) in [6.45, 7) is 1.44. The number of nitrogens with one attached hydrogen (secondary N) is 1. The van der Waals surface area contributed by atoms with Gasteiger partial charge in [-0.3, -0.25) is 0 Å². The first-order valence-electron chi connectivity index (χ1n) is 4.76. The van der Waals surface area contributed by atoms with E-state index in [0.717, 1.165) is 5.69 Å². The van der Waals surface area contributed by atoms with Gasteiger partial charge in [0.2, 0.25) is 0 Å². The molecule has 0 amide bonds. The van der Waals surface area contributed by atoms with Gasteiger partial charge < -0.3 is 15.2 Å². The third kappa shape index (κ3) is 3.40. The molecule has 0 aromatic heterocycles. The van der Waals surface area contributed by atoms with Gasteiger partial charge in [-0.05, 0) is 25.1 Å². The van der Waals surface area contributed by atoms with Gasteiger partial charge in [0.05, 0.1) is 13.7 Å². The summed E-state index contributed by atoms with van der Waals surface area (Å²) in [7, 11) is 1.23. The van der Waals surface area contributed by atoms with Crippen LogP contribution in [0.2, 0.25) is 5.02 Å². The largest absolute Gasteiger partial charge is 0.467 e. The van der Waals surface area contributed by atoms with Crippen molar-refractivity contribution in [1.82, 2.24) is 0 Å². The maximum atomic E-state index is 11.2. The third-order valence-electron chi connectivity index (χ3n) is 2.09. The van der Waals surface area contributed by atoms with Crippen LogP contribution in [-0.2, 0) is 9.53 Å². The highest BCUT2D eigenvalue weighted by molar-refractivity contribution is 6.30. The van der Waals surface area contributed by atoms with E-state index in [1.165, 1.54) is 14.0 Å². The van der Waals surface area contributed by atoms with Crippen molar-refractivity contribution in [2.45, 2.75) is 12.5 Å². The molecule has 0 spiro atoms. The average molecular weight is 244 g/mol. The second kappa shape index (κ2) is 5.18. The lowest BCUT2D eigenvalue weighted by Crippen LogP contribution is -2.42. The highest BCUT2D eigenvalue weighted by atomic mass is 35.5. The number of rotatable bonds is 4. The minimum Gasteiger partial charge on any atom is -0.467 e. The third-order valence-corrected chi connectivity index (χ3v) is 2.32. The summed E-state index contributed by atoms with van der Waals surface area (Å²) in [5, 5.41) is 13.2. The molecular weight excluding hydrogens is 230 g/mol. The SMILES string of the molecule is COC(=O)C(C)(O)CNc1cccc(Cl)c1. The predicted molar refractivity (Wildman–Crippen MR) is 62.6 cm³/mol. The number of carbonyl (C=O) groups is 1. The van der Waals surface area contributed by atoms with E-state index in [1.54, 1.807) is 24.3 Å². The lowest BCUT2D eigenvalue weighted by atomic mass is 10.1. The van der Waals surface area contributed by atoms with Crippen LogP contribution in [0.25, 0.3) is 0 Å². The van der Waals surface area contributed by atoms with Crippen LogP contribution < -0.4 is 5.32 Å². The van der Waals surface area contributed by atoms with Gasteiger partial charge in [0.25, 0.3) is 0 Å². The molecule has 2 N–H and O–H groups in total. The Morgan fingerprint density at radius 3 is 2.88 bits per heavy atom. The molecular formula is C11H14ClNO3. The summed E-state index contributed by atoms with van der Waals surface area (Å²) in [6.07, 6.45) is 0. The molecule has 0 aliphatic carbocycles. The molecule has 1 unspecified atom stereocenters. The molecule has 88 valence electrons. The number of carbonyl (C=O) groups excluding carboxylic acids is 1. The highest BCUT2D eigenvalue weighted by Crippen LogP contribution is 2.16. The predicted octanol–water partition coefficient (Wildman–Crippen LogP) is 1.68. The smallest absolute Gasteiger partial charge is 0.339 e. The van der Waals surface area contributed by atoms with Crippen LogP contribution in [0.15, 0.2) is 24.3 Å². The van der Waals surface area contributed by atoms with Gasteiger partial charge in [-0.2, -0.15) is 0 Å². The number of halogens is 1. The van der Waals surface area contributed by atoms with E-state index in [0.29, 0.717) is 5.02 Å². The Morgan fingerprint density at radius 1 is 1.62 bits per heavy atom. The zero-order valence-electron chi connectivity index (χ0n) is 9.16. The van der Waals surface area contributed by atoms with E-state index in [4.69, 9.17) is 11.6 Å². The monoisotopic (exact) mass is 243 g/mol. The quantitative estimate of drug-likeness (QED) is 0.790. The standard InChI is InChI=1S/C11H14ClNO3/c1-11(15,10(14)16-2)7-13-9-5-3-4-8(12)6-9/h3-6,13,15H,7H2,1-2H3. The maximum absolute atomic E-state index is 11.2. The first kappa shape index (κ1) is 12.8. The van der Waals surface area contributed by atoms with Crippen molar-refractivity contribution in [2.24, 2.45) is 0 Å². The number of hydrogen-bond donors (Lipinski definition) is 2. The molecule has 1 rings (SSSR count). The summed E-state index contributed by atoms with van der Waals surface area (Å²) >= 11 is 5.79. The molecule has 1 aromatic rings. The fraction of sp³-hybridized carbons (Fsp3) is 0.364. The molecule has 4 nitrogen and oxygen atoms in total. The van der Waals surface area contributed by atoms with Crippen LogP contribution in [0.4, 0.5) is 5.69 Å². The van der Waals surface area contributed by atoms with Crippen molar-refractivity contribution in [1.29, 1.82) is 0 Å². The fourth-order valence-corrected chi connectivity index (χ4v) is 1.35. The van der Waals surface area contributed by atoms with Gasteiger partial charge in [0.15, 0.2) is 5.60 Å². The van der Waals surface area contributed by atoms with E-state index in [9.17, 15) is 9.90 Å². The molecule has 16 heavy (non-hydrogen) atoms. The van der Waals surface area contributed by atoms with Crippen LogP contribution in [0.5, 0.6) is 0 Å². The Bertz CT molecular complexity index is 379. The number of esters is 1. The lowest BCUT2D eigenvalue weighted by Gasteiger charge is -2.21. The molecule has 1 aromatic carbocycles. The number of anilines is 1. The van der Waals surface area contributed by atoms with Crippen molar-refractivity contribution >= 4 is 23.3 Å². The number of aliphatic hydroxyl groups is 1. The molecule has 0 saturated heterocycles. The fourth-order valence-electron chi connectivity index (χ4n) is 1.16. The summed E-state index contributed by atoms with van der Waals surface area (Å²) in [4.78, 5) is 11.2. The molecule has 5 heteroatoms. The van der Waals surface area contributed by atoms with Gasteiger partial charge in [0.1, 0.15) is 0 Å². The first-order chi connectivity index (χ1) is 7.45. The summed E-state index contributed by atoms with van der Waals surface area (Å²) in [5.74, 6) is -0.679. The van der Waals surface area contributed by atoms with Crippen LogP contribution in [0, 0.1) is 0 Å². The molecule has 0 aliphatic rings. The molecule has 0 radical (unpaired) electrons. The zero-order valence-corrected chi connectivity index (χ0v) is 9.91. The Labute approximate surface area is 99.2 Å². The Kier molecular flexibility index (Phi) is 4.15. The number of methoxy groups -OCH3 is 1. The van der Waals surface area contributed by atoms with Gasteiger partial charge in [0, 0.05) is 10.7 Å². The van der Waals surface area contributed by atoms with Crippen molar-refractivity contribution in [3.63, 3.8) is 0 Å². The number of ether oxygens (including phenoxy) is 1. The van der Waals surface area contributed by atoms with Gasteiger partial charge in [-0.1, -0.05) is 17.7 Å². The first-order valence-corrected chi connectivity index (χ1v) is 5.14. The van der Waals surface area contributed by atoms with Crippen molar-refractivity contribution in [3.8, 4) is 0 Å². The van der Waals surface area contributed by atoms with E-state index in [1.807, 2.05) is 0 Å². The van der Waals surface area contributed by atoms with E-state index in [2.05, 4.69) is 10.1 Å². The van der Waals surface area contributed by atoms with Crippen LogP contribution in [-0.4, -0.2) is 30.3 Å². The average Bonchev–Trinajstić information content (AvgIpc) is 2.25. The van der Waals surface area contributed by atoms with Crippen molar-refractivity contribution < 1.29 is 14.6 Å². The normalized spacial score (nSPS) is 14.0. The summed E-state index contributed by atoms with van der Waals surface area (Å²) in [6, 6.07) is 7.01. The minimum atomic E-state index is -1.56. The second-order valence-corrected chi connectivity index (χ2v) is 4.07. The molecule has 0 aliphatic heterocycles. The van der Waals surface area contributed by atoms with Crippen molar-refractivity contribution in [2.75, 3.05) is 19.0 Å². The molecule has 0 bridgehead atoms. The summed E-state index contributed by atoms with van der Waals surface area (Å²) in [5.41, 5.74) is -0.825. The van der Waals surface area contributed by atoms with E-state index < -0.39 is 11.6 Å². The number of benzene rings is 1. The van der Waals surface area contributed by atoms with Gasteiger partial charge in [-0.15, -0.1) is 0 Å². The topological polar surface area (TPSA) is 58.6 Å². The van der Waals surface area contributed by atoms with Crippen LogP contribution in [0.1, 0.15) is 6.92 Å². The minimum absolute atomic E-state index is 0.0556. The summed E-state index contributed by atoms with van der Waals surface area (Å²) < 4.78 is 4.47. The number of hydrogen-bond acceptors (Lipinski definition) is 4. The lowest BCUT2D eigenvalue weighted by molar-refractivity contribution is -0.158. The van der Waals surface area contributed by atoms with Gasteiger partial charge in [-0.25, -0.2) is 4.79 Å². The second-order valence-electron chi connectivity index (χ2n) is 3.63. The van der Waals surface area contributed by atoms with Crippen LogP contribution in [0.3, 0.4) is 0 Å². The molecule has 1 atom stereocenters. The maximum Gasteiger partial charge on any atom is 0.339 e. The Balaban J connectivity index is 2.61.